The minimum absolute atomic E-state index is 0.211. The first-order valence-corrected chi connectivity index (χ1v) is 10.8. The number of carbonyl (C=O) groups is 2. The zero-order valence-corrected chi connectivity index (χ0v) is 18.4. The summed E-state index contributed by atoms with van der Waals surface area (Å²) in [5.41, 5.74) is -1.40. The molecule has 1 saturated carbocycles. The van der Waals surface area contributed by atoms with Gasteiger partial charge in [0.15, 0.2) is 16.6 Å². The van der Waals surface area contributed by atoms with Crippen molar-refractivity contribution in [2.75, 3.05) is 5.32 Å². The first-order chi connectivity index (χ1) is 15.6. The Morgan fingerprint density at radius 3 is 2.45 bits per heavy atom. The van der Waals surface area contributed by atoms with Crippen molar-refractivity contribution in [2.45, 2.75) is 38.1 Å². The maximum Gasteiger partial charge on any atom is 0.273 e. The van der Waals surface area contributed by atoms with E-state index in [1.54, 1.807) is 0 Å². The number of carbonyl (C=O) groups excluding carboxylic acids is 2. The van der Waals surface area contributed by atoms with Gasteiger partial charge in [-0.2, -0.15) is 0 Å². The average molecular weight is 476 g/mol. The molecule has 0 radical (unpaired) electrons. The first kappa shape index (κ1) is 22.7. The van der Waals surface area contributed by atoms with Crippen LogP contribution in [0.2, 0.25) is 0 Å². The van der Waals surface area contributed by atoms with Crippen LogP contribution in [0.1, 0.15) is 48.8 Å². The predicted molar refractivity (Wildman–Crippen MR) is 115 cm³/mol. The van der Waals surface area contributed by atoms with E-state index in [4.69, 9.17) is 4.74 Å². The van der Waals surface area contributed by atoms with Crippen LogP contribution in [0.3, 0.4) is 0 Å². The van der Waals surface area contributed by atoms with Gasteiger partial charge < -0.3 is 10.1 Å². The minimum atomic E-state index is -1.47. The zero-order chi connectivity index (χ0) is 23.8. The number of thiazole rings is 1. The molecule has 0 unspecified atom stereocenters. The van der Waals surface area contributed by atoms with Crippen LogP contribution in [-0.4, -0.2) is 27.3 Å². The summed E-state index contributed by atoms with van der Waals surface area (Å²) in [6.45, 7) is 2.85. The van der Waals surface area contributed by atoms with Gasteiger partial charge in [0.05, 0.1) is 6.20 Å². The smallest absolute Gasteiger partial charge is 0.273 e. The number of nitrogens with one attached hydrogen (secondary N) is 2. The lowest BCUT2D eigenvalue weighted by Crippen LogP contribution is -2.52. The van der Waals surface area contributed by atoms with Crippen LogP contribution in [0.4, 0.5) is 18.3 Å². The molecule has 3 aromatic rings. The van der Waals surface area contributed by atoms with E-state index in [0.717, 1.165) is 24.2 Å². The number of ether oxygens (including phenoxy) is 1. The third-order valence-electron chi connectivity index (χ3n) is 4.85. The van der Waals surface area contributed by atoms with Gasteiger partial charge in [-0.25, -0.2) is 23.1 Å². The molecule has 0 spiro atoms. The fraction of sp³-hybridized carbons (Fsp3) is 0.273. The highest BCUT2D eigenvalue weighted by atomic mass is 32.1. The number of hydrogen-bond donors (Lipinski definition) is 2. The number of halogens is 3. The largest absolute Gasteiger partial charge is 0.445 e. The molecule has 7 nitrogen and oxygen atoms in total. The Morgan fingerprint density at radius 2 is 1.82 bits per heavy atom. The SMILES string of the molecule is CC(C)(NC(=O)c1ncc(F)cc1F)C(=O)Nc1nc(C2CC2)c(Oc2ccc(F)cc2)s1. The van der Waals surface area contributed by atoms with Crippen LogP contribution < -0.4 is 15.4 Å². The van der Waals surface area contributed by atoms with Gasteiger partial charge in [0.25, 0.3) is 11.8 Å². The highest BCUT2D eigenvalue weighted by Gasteiger charge is 2.34. The van der Waals surface area contributed by atoms with Crippen molar-refractivity contribution in [1.29, 1.82) is 0 Å². The second-order valence-corrected chi connectivity index (χ2v) is 9.00. The van der Waals surface area contributed by atoms with Crippen LogP contribution in [0, 0.1) is 17.5 Å². The Hall–Kier alpha value is -3.47. The Balaban J connectivity index is 1.47. The monoisotopic (exact) mass is 476 g/mol. The molecule has 0 aliphatic heterocycles. The summed E-state index contributed by atoms with van der Waals surface area (Å²) in [6, 6.07) is 6.07. The number of pyridine rings is 1. The summed E-state index contributed by atoms with van der Waals surface area (Å²) >= 11 is 1.10. The lowest BCUT2D eigenvalue weighted by molar-refractivity contribution is -0.120. The Kier molecular flexibility index (Phi) is 6.07. The number of rotatable bonds is 7. The van der Waals surface area contributed by atoms with Crippen molar-refractivity contribution in [3.05, 3.63) is 65.4 Å². The number of anilines is 1. The van der Waals surface area contributed by atoms with E-state index in [0.29, 0.717) is 28.8 Å². The molecule has 1 aliphatic rings. The molecule has 33 heavy (non-hydrogen) atoms. The van der Waals surface area contributed by atoms with Crippen molar-refractivity contribution in [3.8, 4) is 10.8 Å². The molecule has 2 heterocycles. The van der Waals surface area contributed by atoms with Gasteiger partial charge in [-0.05, 0) is 51.0 Å². The molecule has 1 fully saturated rings. The van der Waals surface area contributed by atoms with E-state index in [-0.39, 0.29) is 16.9 Å². The van der Waals surface area contributed by atoms with E-state index in [2.05, 4.69) is 20.6 Å². The fourth-order valence-electron chi connectivity index (χ4n) is 2.90. The summed E-state index contributed by atoms with van der Waals surface area (Å²) in [4.78, 5) is 33.1. The molecule has 0 bridgehead atoms. The molecule has 0 atom stereocenters. The molecule has 11 heteroatoms. The van der Waals surface area contributed by atoms with Crippen LogP contribution in [0.5, 0.6) is 10.8 Å². The van der Waals surface area contributed by atoms with Crippen LogP contribution >= 0.6 is 11.3 Å². The molecule has 2 amide bonds. The van der Waals surface area contributed by atoms with E-state index >= 15 is 0 Å². The molecule has 0 saturated heterocycles. The lowest BCUT2D eigenvalue weighted by atomic mass is 10.0. The van der Waals surface area contributed by atoms with Crippen molar-refractivity contribution in [2.24, 2.45) is 0 Å². The topological polar surface area (TPSA) is 93.2 Å². The van der Waals surface area contributed by atoms with E-state index in [1.807, 2.05) is 0 Å². The molecule has 1 aromatic carbocycles. The first-order valence-electron chi connectivity index (χ1n) is 10.0. The maximum absolute atomic E-state index is 13.8. The van der Waals surface area contributed by atoms with Gasteiger partial charge in [0.2, 0.25) is 5.06 Å². The van der Waals surface area contributed by atoms with Gasteiger partial charge >= 0.3 is 0 Å². The summed E-state index contributed by atoms with van der Waals surface area (Å²) in [5, 5.41) is 5.77. The molecule has 2 aromatic heterocycles. The van der Waals surface area contributed by atoms with Crippen molar-refractivity contribution in [3.63, 3.8) is 0 Å². The van der Waals surface area contributed by atoms with Crippen molar-refractivity contribution >= 4 is 28.3 Å². The summed E-state index contributed by atoms with van der Waals surface area (Å²) in [6.07, 6.45) is 2.59. The van der Waals surface area contributed by atoms with E-state index in [9.17, 15) is 22.8 Å². The molecule has 172 valence electrons. The number of hydrogen-bond acceptors (Lipinski definition) is 6. The fourth-order valence-corrected chi connectivity index (χ4v) is 3.82. The van der Waals surface area contributed by atoms with Crippen LogP contribution in [0.15, 0.2) is 36.5 Å². The summed E-state index contributed by atoms with van der Waals surface area (Å²) in [7, 11) is 0. The molecule has 4 rings (SSSR count). The number of aromatic nitrogens is 2. The normalized spacial score (nSPS) is 13.5. The summed E-state index contributed by atoms with van der Waals surface area (Å²) in [5.74, 6) is -3.38. The third-order valence-corrected chi connectivity index (χ3v) is 5.71. The average Bonchev–Trinajstić information content (AvgIpc) is 3.51. The highest BCUT2D eigenvalue weighted by Crippen LogP contribution is 2.48. The second-order valence-electron chi connectivity index (χ2n) is 8.04. The maximum atomic E-state index is 13.8. The van der Waals surface area contributed by atoms with Gasteiger partial charge in [-0.1, -0.05) is 11.3 Å². The third kappa shape index (κ3) is 5.30. The zero-order valence-electron chi connectivity index (χ0n) is 17.6. The van der Waals surface area contributed by atoms with Gasteiger partial charge in [0.1, 0.15) is 28.6 Å². The van der Waals surface area contributed by atoms with Crippen LogP contribution in [0.25, 0.3) is 0 Å². The molecular weight excluding hydrogens is 457 g/mol. The van der Waals surface area contributed by atoms with Gasteiger partial charge in [-0.3, -0.25) is 14.9 Å². The number of benzene rings is 1. The van der Waals surface area contributed by atoms with Crippen molar-refractivity contribution in [1.82, 2.24) is 15.3 Å². The predicted octanol–water partition coefficient (Wildman–Crippen LogP) is 4.77. The minimum Gasteiger partial charge on any atom is -0.445 e. The van der Waals surface area contributed by atoms with Crippen molar-refractivity contribution < 1.29 is 27.5 Å². The molecule has 2 N–H and O–H groups in total. The quantitative estimate of drug-likeness (QED) is 0.512. The Bertz CT molecular complexity index is 1210. The molecule has 1 aliphatic carbocycles. The van der Waals surface area contributed by atoms with Gasteiger partial charge in [0, 0.05) is 12.0 Å². The second kappa shape index (κ2) is 8.81. The standard InChI is InChI=1S/C22H19F3N4O3S/c1-22(2,29-18(30)17-15(25)9-13(24)10-26-17)20(31)28-21-27-16(11-3-4-11)19(33-21)32-14-7-5-12(23)6-8-14/h5-11H,3-4H2,1-2H3,(H,29,30)(H,27,28,31). The van der Waals surface area contributed by atoms with Crippen LogP contribution in [-0.2, 0) is 4.79 Å². The molecular formula is C22H19F3N4O3S. The van der Waals surface area contributed by atoms with Gasteiger partial charge in [-0.15, -0.1) is 0 Å². The van der Waals surface area contributed by atoms with E-state index < -0.39 is 34.7 Å². The van der Waals surface area contributed by atoms with E-state index in [1.165, 1.54) is 38.1 Å². The number of amides is 2. The lowest BCUT2D eigenvalue weighted by Gasteiger charge is -2.24. The summed E-state index contributed by atoms with van der Waals surface area (Å²) < 4.78 is 45.9. The Morgan fingerprint density at radius 1 is 1.12 bits per heavy atom. The Labute approximate surface area is 191 Å². The highest BCUT2D eigenvalue weighted by molar-refractivity contribution is 7.17. The number of nitrogens with zero attached hydrogens (tertiary/aromatic N) is 2.